The molecule has 0 radical (unpaired) electrons. The van der Waals surface area contributed by atoms with E-state index in [2.05, 4.69) is 36.0 Å². The summed E-state index contributed by atoms with van der Waals surface area (Å²) in [6.45, 7) is 4.51. The normalized spacial score (nSPS) is 14.1. The summed E-state index contributed by atoms with van der Waals surface area (Å²) in [5.41, 5.74) is 1.98. The van der Waals surface area contributed by atoms with Crippen molar-refractivity contribution in [3.8, 4) is 11.3 Å². The summed E-state index contributed by atoms with van der Waals surface area (Å²) in [6.07, 6.45) is 3.89. The Balaban J connectivity index is 1.46. The highest BCUT2D eigenvalue weighted by molar-refractivity contribution is 7.98. The molecule has 178 valence electrons. The maximum Gasteiger partial charge on any atom is 0.226 e. The van der Waals surface area contributed by atoms with Crippen LogP contribution in [0.3, 0.4) is 0 Å². The van der Waals surface area contributed by atoms with Gasteiger partial charge in [0.2, 0.25) is 5.91 Å². The second kappa shape index (κ2) is 11.6. The van der Waals surface area contributed by atoms with Crippen molar-refractivity contribution in [3.63, 3.8) is 0 Å². The molecule has 34 heavy (non-hydrogen) atoms. The quantitative estimate of drug-likeness (QED) is 0.398. The standard InChI is InChI=1S/C23H25ClFN7OS/c1-34-23-20(14-19(30-31-23)17-12-15(24)2-3-18(17)25)28-16-4-6-27-21(13-16)29-22(33)5-9-32-10-7-26-8-11-32/h2-4,6,12-14,26H,5,7-11H2,1H3,(H2,27,28,29,30,33). The molecular formula is C23H25ClFN7OS. The van der Waals surface area contributed by atoms with Crippen molar-refractivity contribution in [1.29, 1.82) is 0 Å². The highest BCUT2D eigenvalue weighted by Crippen LogP contribution is 2.31. The highest BCUT2D eigenvalue weighted by atomic mass is 35.5. The van der Waals surface area contributed by atoms with Crippen LogP contribution < -0.4 is 16.0 Å². The Bertz CT molecular complexity index is 1160. The van der Waals surface area contributed by atoms with Gasteiger partial charge >= 0.3 is 0 Å². The van der Waals surface area contributed by atoms with Gasteiger partial charge in [-0.3, -0.25) is 4.79 Å². The number of carbonyl (C=O) groups is 1. The van der Waals surface area contributed by atoms with E-state index in [0.717, 1.165) is 26.2 Å². The third-order valence-electron chi connectivity index (χ3n) is 5.33. The molecule has 0 aliphatic carbocycles. The molecule has 1 saturated heterocycles. The predicted molar refractivity (Wildman–Crippen MR) is 134 cm³/mol. The largest absolute Gasteiger partial charge is 0.353 e. The maximum atomic E-state index is 14.3. The molecule has 11 heteroatoms. The Labute approximate surface area is 206 Å². The number of piperazine rings is 1. The molecule has 8 nitrogen and oxygen atoms in total. The lowest BCUT2D eigenvalue weighted by Gasteiger charge is -2.26. The molecule has 2 aromatic heterocycles. The van der Waals surface area contributed by atoms with Crippen molar-refractivity contribution in [2.75, 3.05) is 49.6 Å². The summed E-state index contributed by atoms with van der Waals surface area (Å²) >= 11 is 7.45. The second-order valence-electron chi connectivity index (χ2n) is 7.72. The van der Waals surface area contributed by atoms with Gasteiger partial charge in [-0.15, -0.1) is 22.0 Å². The van der Waals surface area contributed by atoms with Gasteiger partial charge in [-0.1, -0.05) is 11.6 Å². The lowest BCUT2D eigenvalue weighted by Crippen LogP contribution is -2.44. The van der Waals surface area contributed by atoms with Gasteiger partial charge in [0.25, 0.3) is 0 Å². The number of hydrogen-bond donors (Lipinski definition) is 3. The first kappa shape index (κ1) is 24.3. The van der Waals surface area contributed by atoms with Gasteiger partial charge in [-0.05, 0) is 36.6 Å². The van der Waals surface area contributed by atoms with Gasteiger partial charge in [-0.25, -0.2) is 9.37 Å². The number of nitrogens with one attached hydrogen (secondary N) is 3. The highest BCUT2D eigenvalue weighted by Gasteiger charge is 2.14. The lowest BCUT2D eigenvalue weighted by molar-refractivity contribution is -0.116. The molecule has 1 amide bonds. The molecule has 3 aromatic rings. The van der Waals surface area contributed by atoms with Crippen LogP contribution >= 0.6 is 23.4 Å². The van der Waals surface area contributed by atoms with Crippen LogP contribution in [-0.2, 0) is 4.79 Å². The summed E-state index contributed by atoms with van der Waals surface area (Å²) in [5, 5.41) is 18.9. The number of anilines is 3. The van der Waals surface area contributed by atoms with Crippen LogP contribution in [0.15, 0.2) is 47.6 Å². The molecule has 1 aliphatic heterocycles. The molecule has 3 N–H and O–H groups in total. The van der Waals surface area contributed by atoms with Gasteiger partial charge < -0.3 is 20.9 Å². The molecule has 0 atom stereocenters. The first-order chi connectivity index (χ1) is 16.5. The van der Waals surface area contributed by atoms with E-state index in [-0.39, 0.29) is 11.5 Å². The lowest BCUT2D eigenvalue weighted by atomic mass is 10.1. The number of carbonyl (C=O) groups excluding carboxylic acids is 1. The third kappa shape index (κ3) is 6.41. The molecule has 0 spiro atoms. The van der Waals surface area contributed by atoms with Crippen LogP contribution in [0.5, 0.6) is 0 Å². The predicted octanol–water partition coefficient (Wildman–Crippen LogP) is 4.03. The zero-order valence-electron chi connectivity index (χ0n) is 18.6. The Hall–Kier alpha value is -2.79. The average Bonchev–Trinajstić information content (AvgIpc) is 2.85. The second-order valence-corrected chi connectivity index (χ2v) is 8.95. The Kier molecular flexibility index (Phi) is 8.28. The van der Waals surface area contributed by atoms with E-state index in [4.69, 9.17) is 11.6 Å². The van der Waals surface area contributed by atoms with Crippen molar-refractivity contribution >= 4 is 46.5 Å². The first-order valence-electron chi connectivity index (χ1n) is 10.8. The average molecular weight is 502 g/mol. The minimum atomic E-state index is -0.434. The van der Waals surface area contributed by atoms with Crippen molar-refractivity contribution in [3.05, 3.63) is 53.4 Å². The minimum Gasteiger partial charge on any atom is -0.353 e. The monoisotopic (exact) mass is 501 g/mol. The first-order valence-corrected chi connectivity index (χ1v) is 12.5. The molecule has 1 fully saturated rings. The SMILES string of the molecule is CSc1nnc(-c2cc(Cl)ccc2F)cc1Nc1ccnc(NC(=O)CCN2CCNCC2)c1. The van der Waals surface area contributed by atoms with Crippen LogP contribution in [0.25, 0.3) is 11.3 Å². The fourth-order valence-corrected chi connectivity index (χ4v) is 4.20. The van der Waals surface area contributed by atoms with E-state index in [1.807, 2.05) is 6.26 Å². The molecule has 1 aromatic carbocycles. The Morgan fingerprint density at radius 1 is 1.21 bits per heavy atom. The summed E-state index contributed by atoms with van der Waals surface area (Å²) < 4.78 is 14.3. The van der Waals surface area contributed by atoms with Gasteiger partial charge in [-0.2, -0.15) is 0 Å². The number of hydrogen-bond acceptors (Lipinski definition) is 8. The number of rotatable bonds is 8. The molecular weight excluding hydrogens is 477 g/mol. The maximum absolute atomic E-state index is 14.3. The summed E-state index contributed by atoms with van der Waals surface area (Å²) in [4.78, 5) is 18.9. The topological polar surface area (TPSA) is 95.1 Å². The van der Waals surface area contributed by atoms with E-state index in [9.17, 15) is 9.18 Å². The number of nitrogens with zero attached hydrogens (tertiary/aromatic N) is 4. The summed E-state index contributed by atoms with van der Waals surface area (Å²) in [5.74, 6) is -0.0716. The van der Waals surface area contributed by atoms with Gasteiger partial charge in [0.15, 0.2) is 0 Å². The number of halogens is 2. The molecule has 3 heterocycles. The zero-order chi connectivity index (χ0) is 23.9. The molecule has 0 unspecified atom stereocenters. The number of pyridine rings is 1. The number of amides is 1. The summed E-state index contributed by atoms with van der Waals surface area (Å²) in [6, 6.07) is 9.55. The van der Waals surface area contributed by atoms with Gasteiger partial charge in [0.05, 0.1) is 11.4 Å². The Morgan fingerprint density at radius 2 is 2.03 bits per heavy atom. The van der Waals surface area contributed by atoms with Crippen LogP contribution in [0.2, 0.25) is 5.02 Å². The minimum absolute atomic E-state index is 0.0859. The molecule has 0 saturated carbocycles. The van der Waals surface area contributed by atoms with Crippen molar-refractivity contribution in [2.45, 2.75) is 11.4 Å². The number of benzene rings is 1. The van der Waals surface area contributed by atoms with Gasteiger partial charge in [0, 0.05) is 67.7 Å². The summed E-state index contributed by atoms with van der Waals surface area (Å²) in [7, 11) is 0. The molecule has 4 rings (SSSR count). The van der Waals surface area contributed by atoms with E-state index >= 15 is 0 Å². The zero-order valence-corrected chi connectivity index (χ0v) is 20.2. The smallest absolute Gasteiger partial charge is 0.226 e. The molecule has 1 aliphatic rings. The fourth-order valence-electron chi connectivity index (χ4n) is 3.58. The van der Waals surface area contributed by atoms with Gasteiger partial charge in [0.1, 0.15) is 16.7 Å². The fraction of sp³-hybridized carbons (Fsp3) is 0.304. The number of thioether (sulfide) groups is 1. The van der Waals surface area contributed by atoms with E-state index in [1.165, 1.54) is 30.0 Å². The number of aromatic nitrogens is 3. The van der Waals surface area contributed by atoms with Crippen molar-refractivity contribution in [1.82, 2.24) is 25.4 Å². The van der Waals surface area contributed by atoms with E-state index in [1.54, 1.807) is 24.4 Å². The van der Waals surface area contributed by atoms with Crippen LogP contribution in [0.4, 0.5) is 21.6 Å². The Morgan fingerprint density at radius 3 is 2.82 bits per heavy atom. The van der Waals surface area contributed by atoms with Crippen LogP contribution in [0, 0.1) is 5.82 Å². The van der Waals surface area contributed by atoms with Crippen LogP contribution in [-0.4, -0.2) is 65.0 Å². The van der Waals surface area contributed by atoms with E-state index in [0.29, 0.717) is 45.9 Å². The van der Waals surface area contributed by atoms with Crippen LogP contribution in [0.1, 0.15) is 6.42 Å². The molecule has 0 bridgehead atoms. The van der Waals surface area contributed by atoms with Crippen molar-refractivity contribution < 1.29 is 9.18 Å². The van der Waals surface area contributed by atoms with E-state index < -0.39 is 5.82 Å². The van der Waals surface area contributed by atoms with Crippen molar-refractivity contribution in [2.24, 2.45) is 0 Å². The third-order valence-corrected chi connectivity index (χ3v) is 6.25.